The van der Waals surface area contributed by atoms with Crippen LogP contribution >= 0.6 is 0 Å². The lowest BCUT2D eigenvalue weighted by Crippen LogP contribution is -2.17. The second-order valence-electron chi connectivity index (χ2n) is 3.61. The van der Waals surface area contributed by atoms with Gasteiger partial charge in [0, 0.05) is 12.7 Å². The number of rotatable bonds is 4. The van der Waals surface area contributed by atoms with Gasteiger partial charge in [-0.15, -0.1) is 0 Å². The van der Waals surface area contributed by atoms with Crippen LogP contribution in [0.15, 0.2) is 18.2 Å². The van der Waals surface area contributed by atoms with Gasteiger partial charge < -0.3 is 14.6 Å². The predicted molar refractivity (Wildman–Crippen MR) is 55.7 cm³/mol. The van der Waals surface area contributed by atoms with Gasteiger partial charge in [0.25, 0.3) is 0 Å². The zero-order chi connectivity index (χ0) is 11.4. The first-order valence-electron chi connectivity index (χ1n) is 5.20. The molecule has 0 saturated carbocycles. The Kier molecular flexibility index (Phi) is 3.36. The summed E-state index contributed by atoms with van der Waals surface area (Å²) in [6, 6.07) is 4.68. The number of nitrogens with zero attached hydrogens (tertiary/aromatic N) is 1. The number of ether oxygens (including phenoxy) is 2. The Morgan fingerprint density at radius 1 is 1.62 bits per heavy atom. The third-order valence-corrected chi connectivity index (χ3v) is 2.38. The van der Waals surface area contributed by atoms with E-state index < -0.39 is 5.97 Å². The summed E-state index contributed by atoms with van der Waals surface area (Å²) >= 11 is 0. The molecule has 1 aliphatic rings. The zero-order valence-corrected chi connectivity index (χ0v) is 8.76. The maximum atomic E-state index is 10.7. The summed E-state index contributed by atoms with van der Waals surface area (Å²) in [5, 5.41) is 8.75. The van der Waals surface area contributed by atoms with E-state index in [0.717, 1.165) is 19.4 Å². The first kappa shape index (κ1) is 10.9. The van der Waals surface area contributed by atoms with E-state index >= 15 is 0 Å². The van der Waals surface area contributed by atoms with Crippen molar-refractivity contribution in [1.82, 2.24) is 4.98 Å². The number of hydrogen-bond acceptors (Lipinski definition) is 4. The summed E-state index contributed by atoms with van der Waals surface area (Å²) in [6.07, 6.45) is 2.14. The smallest absolute Gasteiger partial charge is 0.354 e. The molecule has 5 nitrogen and oxygen atoms in total. The molecule has 2 heterocycles. The summed E-state index contributed by atoms with van der Waals surface area (Å²) in [6.45, 7) is 1.20. The summed E-state index contributed by atoms with van der Waals surface area (Å²) < 4.78 is 10.8. The van der Waals surface area contributed by atoms with Crippen LogP contribution in [0.3, 0.4) is 0 Å². The molecule has 1 N–H and O–H groups in total. The third-order valence-electron chi connectivity index (χ3n) is 2.38. The van der Waals surface area contributed by atoms with Gasteiger partial charge in [0.15, 0.2) is 5.69 Å². The van der Waals surface area contributed by atoms with E-state index in [1.165, 1.54) is 6.07 Å². The predicted octanol–water partition coefficient (Wildman–Crippen LogP) is 1.34. The minimum absolute atomic E-state index is 0.00941. The second kappa shape index (κ2) is 4.94. The highest BCUT2D eigenvalue weighted by Gasteiger charge is 2.16. The topological polar surface area (TPSA) is 68.7 Å². The van der Waals surface area contributed by atoms with Crippen LogP contribution in [0.1, 0.15) is 23.3 Å². The summed E-state index contributed by atoms with van der Waals surface area (Å²) in [5.74, 6) is -0.724. The van der Waals surface area contributed by atoms with Gasteiger partial charge in [-0.1, -0.05) is 6.07 Å². The molecular weight excluding hydrogens is 210 g/mol. The van der Waals surface area contributed by atoms with E-state index in [1.807, 2.05) is 0 Å². The summed E-state index contributed by atoms with van der Waals surface area (Å²) in [4.78, 5) is 14.5. The Morgan fingerprint density at radius 3 is 3.19 bits per heavy atom. The van der Waals surface area contributed by atoms with Crippen molar-refractivity contribution in [2.75, 3.05) is 13.2 Å². The Morgan fingerprint density at radius 2 is 2.50 bits per heavy atom. The SMILES string of the molecule is O=C(O)c1cccc(OCC2CCCO2)n1. The van der Waals surface area contributed by atoms with E-state index in [4.69, 9.17) is 14.6 Å². The molecule has 0 aliphatic carbocycles. The number of carboxylic acid groups (broad SMARTS) is 1. The quantitative estimate of drug-likeness (QED) is 0.834. The molecule has 0 radical (unpaired) electrons. The summed E-state index contributed by atoms with van der Waals surface area (Å²) in [7, 11) is 0. The van der Waals surface area contributed by atoms with Crippen LogP contribution < -0.4 is 4.74 Å². The fourth-order valence-electron chi connectivity index (χ4n) is 1.57. The van der Waals surface area contributed by atoms with Crippen molar-refractivity contribution in [1.29, 1.82) is 0 Å². The molecule has 1 saturated heterocycles. The molecule has 5 heteroatoms. The van der Waals surface area contributed by atoms with Gasteiger partial charge in [0.05, 0.1) is 6.10 Å². The van der Waals surface area contributed by atoms with Crippen LogP contribution in [0.2, 0.25) is 0 Å². The minimum Gasteiger partial charge on any atom is -0.477 e. The first-order chi connectivity index (χ1) is 7.75. The number of aromatic carboxylic acids is 1. The zero-order valence-electron chi connectivity index (χ0n) is 8.76. The molecule has 0 amide bonds. The van der Waals surface area contributed by atoms with Gasteiger partial charge in [-0.3, -0.25) is 0 Å². The molecule has 1 unspecified atom stereocenters. The molecule has 1 aromatic heterocycles. The number of pyridine rings is 1. The van der Waals surface area contributed by atoms with Crippen molar-refractivity contribution < 1.29 is 19.4 Å². The van der Waals surface area contributed by atoms with Gasteiger partial charge in [0.2, 0.25) is 5.88 Å². The van der Waals surface area contributed by atoms with E-state index in [-0.39, 0.29) is 11.8 Å². The van der Waals surface area contributed by atoms with Gasteiger partial charge in [-0.2, -0.15) is 0 Å². The highest BCUT2D eigenvalue weighted by molar-refractivity contribution is 5.85. The molecule has 16 heavy (non-hydrogen) atoms. The molecule has 1 aliphatic heterocycles. The van der Waals surface area contributed by atoms with Crippen molar-refractivity contribution in [2.45, 2.75) is 18.9 Å². The lowest BCUT2D eigenvalue weighted by molar-refractivity contribution is 0.0649. The number of carboxylic acids is 1. The molecule has 0 aromatic carbocycles. The molecule has 0 spiro atoms. The van der Waals surface area contributed by atoms with Crippen LogP contribution in [-0.2, 0) is 4.74 Å². The Labute approximate surface area is 93.0 Å². The normalized spacial score (nSPS) is 19.6. The highest BCUT2D eigenvalue weighted by atomic mass is 16.5. The molecule has 0 bridgehead atoms. The first-order valence-corrected chi connectivity index (χ1v) is 5.20. The maximum absolute atomic E-state index is 10.7. The van der Waals surface area contributed by atoms with E-state index in [2.05, 4.69) is 4.98 Å². The fraction of sp³-hybridized carbons (Fsp3) is 0.455. The van der Waals surface area contributed by atoms with Gasteiger partial charge in [-0.05, 0) is 18.9 Å². The van der Waals surface area contributed by atoms with Crippen LogP contribution in [0.4, 0.5) is 0 Å². The van der Waals surface area contributed by atoms with Gasteiger partial charge >= 0.3 is 5.97 Å². The number of aromatic nitrogens is 1. The lowest BCUT2D eigenvalue weighted by atomic mass is 10.2. The largest absolute Gasteiger partial charge is 0.477 e. The Hall–Kier alpha value is -1.62. The molecule has 1 atom stereocenters. The minimum atomic E-state index is -1.05. The average Bonchev–Trinajstić information content (AvgIpc) is 2.79. The monoisotopic (exact) mass is 223 g/mol. The third kappa shape index (κ3) is 2.70. The van der Waals surface area contributed by atoms with Crippen LogP contribution in [0.25, 0.3) is 0 Å². The second-order valence-corrected chi connectivity index (χ2v) is 3.61. The number of hydrogen-bond donors (Lipinski definition) is 1. The van der Waals surface area contributed by atoms with Crippen LogP contribution in [-0.4, -0.2) is 35.4 Å². The van der Waals surface area contributed by atoms with Crippen molar-refractivity contribution in [3.05, 3.63) is 23.9 Å². The van der Waals surface area contributed by atoms with E-state index in [1.54, 1.807) is 12.1 Å². The van der Waals surface area contributed by atoms with Gasteiger partial charge in [0.1, 0.15) is 6.61 Å². The lowest BCUT2D eigenvalue weighted by Gasteiger charge is -2.10. The van der Waals surface area contributed by atoms with Crippen molar-refractivity contribution in [2.24, 2.45) is 0 Å². The molecular formula is C11H13NO4. The average molecular weight is 223 g/mol. The fourth-order valence-corrected chi connectivity index (χ4v) is 1.57. The molecule has 86 valence electrons. The van der Waals surface area contributed by atoms with Crippen LogP contribution in [0, 0.1) is 0 Å². The Balaban J connectivity index is 1.93. The van der Waals surface area contributed by atoms with Crippen molar-refractivity contribution in [3.63, 3.8) is 0 Å². The molecule has 2 rings (SSSR count). The maximum Gasteiger partial charge on any atom is 0.354 e. The van der Waals surface area contributed by atoms with Crippen molar-refractivity contribution in [3.8, 4) is 5.88 Å². The van der Waals surface area contributed by atoms with Gasteiger partial charge in [-0.25, -0.2) is 9.78 Å². The molecule has 1 aromatic rings. The van der Waals surface area contributed by atoms with E-state index in [0.29, 0.717) is 12.5 Å². The van der Waals surface area contributed by atoms with Crippen LogP contribution in [0.5, 0.6) is 5.88 Å². The highest BCUT2D eigenvalue weighted by Crippen LogP contribution is 2.14. The van der Waals surface area contributed by atoms with Crippen molar-refractivity contribution >= 4 is 5.97 Å². The Bertz CT molecular complexity index is 374. The standard InChI is InChI=1S/C11H13NO4/c13-11(14)9-4-1-5-10(12-9)16-7-8-3-2-6-15-8/h1,4-5,8H,2-3,6-7H2,(H,13,14). The number of carbonyl (C=O) groups is 1. The molecule has 1 fully saturated rings. The summed E-state index contributed by atoms with van der Waals surface area (Å²) in [5.41, 5.74) is -0.00941. The van der Waals surface area contributed by atoms with E-state index in [9.17, 15) is 4.79 Å².